The van der Waals surface area contributed by atoms with Crippen molar-refractivity contribution in [1.82, 2.24) is 15.1 Å². The van der Waals surface area contributed by atoms with Crippen molar-refractivity contribution in [3.63, 3.8) is 0 Å². The number of hydrogen-bond donors (Lipinski definition) is 2. The minimum Gasteiger partial charge on any atom is -0.508 e. The maximum atomic E-state index is 13.1. The number of amides is 2. The number of carbonyl (C=O) groups is 1. The Bertz CT molecular complexity index is 734. The van der Waals surface area contributed by atoms with Gasteiger partial charge >= 0.3 is 6.03 Å². The lowest BCUT2D eigenvalue weighted by Crippen LogP contribution is -2.51. The number of hydrogen-bond acceptors (Lipinski definition) is 3. The molecule has 3 atom stereocenters. The van der Waals surface area contributed by atoms with E-state index in [0.29, 0.717) is 29.7 Å². The van der Waals surface area contributed by atoms with Crippen LogP contribution in [0.15, 0.2) is 24.3 Å². The molecule has 0 radical (unpaired) electrons. The molecule has 1 saturated carbocycles. The third-order valence-corrected chi connectivity index (χ3v) is 8.33. The van der Waals surface area contributed by atoms with E-state index in [4.69, 9.17) is 0 Å². The van der Waals surface area contributed by atoms with Gasteiger partial charge in [-0.15, -0.1) is 0 Å². The molecule has 2 aliphatic heterocycles. The van der Waals surface area contributed by atoms with Gasteiger partial charge in [0.2, 0.25) is 0 Å². The molecular formula is C27H43N3O2. The molecule has 2 N–H and O–H groups in total. The standard InChI is InChI=1S/C27H43N3O2/c1-3-20(2)28-27(32)29(19-21-8-5-4-6-9-21)14-15-30-24-12-13-25(30)17-23(16-24)22-10-7-11-26(31)18-22/h7,10-11,18,20-21,23-25,31H,3-6,8-9,12-17,19H2,1-2H3,(H,28,32). The number of piperidine rings is 1. The smallest absolute Gasteiger partial charge is 0.317 e. The largest absolute Gasteiger partial charge is 0.508 e. The topological polar surface area (TPSA) is 55.8 Å². The predicted octanol–water partition coefficient (Wildman–Crippen LogP) is 5.49. The molecule has 5 nitrogen and oxygen atoms in total. The van der Waals surface area contributed by atoms with Crippen LogP contribution >= 0.6 is 0 Å². The first-order valence-corrected chi connectivity index (χ1v) is 13.1. The molecule has 1 aromatic rings. The third kappa shape index (κ3) is 5.78. The third-order valence-electron chi connectivity index (χ3n) is 8.33. The van der Waals surface area contributed by atoms with E-state index in [-0.39, 0.29) is 12.1 Å². The number of aromatic hydroxyl groups is 1. The Kier molecular flexibility index (Phi) is 7.98. The average Bonchev–Trinajstić information content (AvgIpc) is 3.03. The van der Waals surface area contributed by atoms with Crippen molar-refractivity contribution in [3.05, 3.63) is 29.8 Å². The molecule has 178 valence electrons. The van der Waals surface area contributed by atoms with Gasteiger partial charge in [0, 0.05) is 37.8 Å². The molecule has 1 aromatic carbocycles. The van der Waals surface area contributed by atoms with Gasteiger partial charge in [0.25, 0.3) is 0 Å². The predicted molar refractivity (Wildman–Crippen MR) is 130 cm³/mol. The average molecular weight is 442 g/mol. The first kappa shape index (κ1) is 23.4. The van der Waals surface area contributed by atoms with Crippen molar-refractivity contribution in [2.24, 2.45) is 5.92 Å². The zero-order chi connectivity index (χ0) is 22.5. The van der Waals surface area contributed by atoms with Gasteiger partial charge in [-0.05, 0) is 81.4 Å². The first-order valence-electron chi connectivity index (χ1n) is 13.1. The lowest BCUT2D eigenvalue weighted by molar-refractivity contribution is 0.105. The van der Waals surface area contributed by atoms with Crippen molar-refractivity contribution in [2.45, 2.75) is 102 Å². The molecule has 2 amide bonds. The minimum atomic E-state index is 0.131. The highest BCUT2D eigenvalue weighted by atomic mass is 16.3. The Balaban J connectivity index is 1.36. The van der Waals surface area contributed by atoms with E-state index in [2.05, 4.69) is 35.0 Å². The van der Waals surface area contributed by atoms with Crippen LogP contribution < -0.4 is 5.32 Å². The van der Waals surface area contributed by atoms with Gasteiger partial charge in [-0.25, -0.2) is 4.79 Å². The maximum absolute atomic E-state index is 13.1. The second kappa shape index (κ2) is 10.9. The molecule has 2 heterocycles. The van der Waals surface area contributed by atoms with Crippen molar-refractivity contribution in [3.8, 4) is 5.75 Å². The summed E-state index contributed by atoms with van der Waals surface area (Å²) in [5.41, 5.74) is 1.29. The Morgan fingerprint density at radius 2 is 1.88 bits per heavy atom. The first-order chi connectivity index (χ1) is 15.5. The summed E-state index contributed by atoms with van der Waals surface area (Å²) in [5, 5.41) is 13.1. The number of urea groups is 1. The van der Waals surface area contributed by atoms with Gasteiger partial charge in [0.1, 0.15) is 5.75 Å². The van der Waals surface area contributed by atoms with E-state index in [1.807, 2.05) is 12.1 Å². The highest BCUT2D eigenvalue weighted by Gasteiger charge is 2.41. The molecule has 1 aliphatic carbocycles. The summed E-state index contributed by atoms with van der Waals surface area (Å²) < 4.78 is 0. The SMILES string of the molecule is CCC(C)NC(=O)N(CCN1C2CCC1CC(c1cccc(O)c1)C2)CC1CCCCC1. The van der Waals surface area contributed by atoms with E-state index < -0.39 is 0 Å². The Morgan fingerprint density at radius 3 is 2.53 bits per heavy atom. The van der Waals surface area contributed by atoms with E-state index in [1.54, 1.807) is 6.07 Å². The maximum Gasteiger partial charge on any atom is 0.317 e. The van der Waals surface area contributed by atoms with Crippen LogP contribution in [0.25, 0.3) is 0 Å². The van der Waals surface area contributed by atoms with Gasteiger partial charge < -0.3 is 15.3 Å². The Labute approximate surface area is 194 Å². The summed E-state index contributed by atoms with van der Waals surface area (Å²) in [4.78, 5) is 17.9. The fraction of sp³-hybridized carbons (Fsp3) is 0.741. The number of carbonyl (C=O) groups excluding carboxylic acids is 1. The van der Waals surface area contributed by atoms with E-state index in [0.717, 1.165) is 26.1 Å². The van der Waals surface area contributed by atoms with Crippen LogP contribution in [0.5, 0.6) is 5.75 Å². The lowest BCUT2D eigenvalue weighted by atomic mass is 9.85. The molecular weight excluding hydrogens is 398 g/mol. The highest BCUT2D eigenvalue weighted by Crippen LogP contribution is 2.43. The summed E-state index contributed by atoms with van der Waals surface area (Å²) in [6.45, 7) is 6.97. The van der Waals surface area contributed by atoms with Crippen LogP contribution in [0.4, 0.5) is 4.79 Å². The van der Waals surface area contributed by atoms with Crippen LogP contribution in [0.2, 0.25) is 0 Å². The van der Waals surface area contributed by atoms with E-state index in [1.165, 1.54) is 63.4 Å². The number of phenolic OH excluding ortho intramolecular Hbond substituents is 1. The van der Waals surface area contributed by atoms with Gasteiger partial charge in [-0.1, -0.05) is 38.3 Å². The summed E-state index contributed by atoms with van der Waals surface area (Å²) >= 11 is 0. The van der Waals surface area contributed by atoms with Crippen LogP contribution in [0, 0.1) is 5.92 Å². The summed E-state index contributed by atoms with van der Waals surface area (Å²) in [6.07, 6.45) is 12.4. The second-order valence-electron chi connectivity index (χ2n) is 10.6. The van der Waals surface area contributed by atoms with Crippen LogP contribution in [-0.4, -0.2) is 58.7 Å². The van der Waals surface area contributed by atoms with Crippen LogP contribution in [0.1, 0.15) is 89.5 Å². The van der Waals surface area contributed by atoms with Gasteiger partial charge in [0.05, 0.1) is 0 Å². The van der Waals surface area contributed by atoms with E-state index >= 15 is 0 Å². The van der Waals surface area contributed by atoms with Gasteiger partial charge in [0.15, 0.2) is 0 Å². The molecule has 5 heteroatoms. The number of benzene rings is 1. The molecule has 0 spiro atoms. The van der Waals surface area contributed by atoms with Gasteiger partial charge in [-0.2, -0.15) is 0 Å². The number of fused-ring (bicyclic) bond motifs is 2. The van der Waals surface area contributed by atoms with Crippen molar-refractivity contribution in [2.75, 3.05) is 19.6 Å². The normalized spacial score (nSPS) is 27.2. The summed E-state index contributed by atoms with van der Waals surface area (Å²) in [7, 11) is 0. The highest BCUT2D eigenvalue weighted by molar-refractivity contribution is 5.74. The van der Waals surface area contributed by atoms with Gasteiger partial charge in [-0.3, -0.25) is 4.90 Å². The molecule has 3 aliphatic rings. The van der Waals surface area contributed by atoms with E-state index in [9.17, 15) is 9.90 Å². The number of nitrogens with zero attached hydrogens (tertiary/aromatic N) is 2. The number of rotatable bonds is 8. The minimum absolute atomic E-state index is 0.131. The number of nitrogens with one attached hydrogen (secondary N) is 1. The Morgan fingerprint density at radius 1 is 1.16 bits per heavy atom. The molecule has 3 fully saturated rings. The zero-order valence-electron chi connectivity index (χ0n) is 20.1. The molecule has 4 rings (SSSR count). The molecule has 0 aromatic heterocycles. The van der Waals surface area contributed by atoms with Crippen molar-refractivity contribution < 1.29 is 9.90 Å². The fourth-order valence-corrected chi connectivity index (χ4v) is 6.29. The Hall–Kier alpha value is -1.75. The fourth-order valence-electron chi connectivity index (χ4n) is 6.29. The van der Waals surface area contributed by atoms with Crippen molar-refractivity contribution >= 4 is 6.03 Å². The molecule has 3 unspecified atom stereocenters. The molecule has 32 heavy (non-hydrogen) atoms. The molecule has 2 bridgehead atoms. The van der Waals surface area contributed by atoms with Crippen molar-refractivity contribution in [1.29, 1.82) is 0 Å². The number of phenols is 1. The van der Waals surface area contributed by atoms with Crippen LogP contribution in [0.3, 0.4) is 0 Å². The quantitative estimate of drug-likeness (QED) is 0.561. The lowest BCUT2D eigenvalue weighted by Gasteiger charge is -2.40. The van der Waals surface area contributed by atoms with Crippen LogP contribution in [-0.2, 0) is 0 Å². The second-order valence-corrected chi connectivity index (χ2v) is 10.6. The molecule has 2 saturated heterocycles. The zero-order valence-corrected chi connectivity index (χ0v) is 20.1. The summed E-state index contributed by atoms with van der Waals surface area (Å²) in [5.74, 6) is 1.59. The monoisotopic (exact) mass is 441 g/mol. The summed E-state index contributed by atoms with van der Waals surface area (Å²) in [6, 6.07) is 9.43.